The minimum Gasteiger partial charge on any atom is -0.444 e. The molecule has 2 aromatic carbocycles. The summed E-state index contributed by atoms with van der Waals surface area (Å²) in [7, 11) is 0. The summed E-state index contributed by atoms with van der Waals surface area (Å²) < 4.78 is 5.33. The molecule has 0 aliphatic rings. The zero-order valence-electron chi connectivity index (χ0n) is 12.6. The van der Waals surface area contributed by atoms with Gasteiger partial charge in [-0.1, -0.05) is 41.9 Å². The molecule has 6 heteroatoms. The molecular formula is C18H15ClN2O3. The fourth-order valence-corrected chi connectivity index (χ4v) is 2.30. The number of aromatic nitrogens is 1. The highest BCUT2D eigenvalue weighted by Crippen LogP contribution is 2.18. The normalized spacial score (nSPS) is 11.9. The van der Waals surface area contributed by atoms with Gasteiger partial charge in [0.15, 0.2) is 5.69 Å². The summed E-state index contributed by atoms with van der Waals surface area (Å²) in [6, 6.07) is 16.1. The lowest BCUT2D eigenvalue weighted by molar-refractivity contribution is 0.0911. The maximum atomic E-state index is 12.1. The summed E-state index contributed by atoms with van der Waals surface area (Å²) in [6.45, 7) is 0.0635. The van der Waals surface area contributed by atoms with E-state index >= 15 is 0 Å². The molecule has 0 aliphatic heterocycles. The number of amides is 1. The van der Waals surface area contributed by atoms with Crippen molar-refractivity contribution < 1.29 is 14.3 Å². The molecule has 0 saturated carbocycles. The first-order valence-corrected chi connectivity index (χ1v) is 7.74. The molecule has 122 valence electrons. The number of hydrogen-bond acceptors (Lipinski definition) is 4. The van der Waals surface area contributed by atoms with Crippen LogP contribution in [0.5, 0.6) is 0 Å². The van der Waals surface area contributed by atoms with Gasteiger partial charge in [0.05, 0.1) is 6.10 Å². The van der Waals surface area contributed by atoms with Crippen molar-refractivity contribution in [1.29, 1.82) is 0 Å². The van der Waals surface area contributed by atoms with Crippen LogP contribution < -0.4 is 5.32 Å². The number of carbonyl (C=O) groups excluding carboxylic acids is 1. The smallest absolute Gasteiger partial charge is 0.273 e. The first-order chi connectivity index (χ1) is 11.6. The minimum absolute atomic E-state index is 0.0635. The van der Waals surface area contributed by atoms with E-state index < -0.39 is 12.0 Å². The molecule has 2 N–H and O–H groups in total. The SMILES string of the molecule is O=C(NCC(O)c1ccc(Cl)cc1)c1coc(-c2ccccc2)n1. The van der Waals surface area contributed by atoms with Crippen LogP contribution in [0, 0.1) is 0 Å². The molecule has 0 aliphatic carbocycles. The Kier molecular flexibility index (Phi) is 4.93. The number of nitrogens with zero attached hydrogens (tertiary/aromatic N) is 1. The average molecular weight is 343 g/mol. The highest BCUT2D eigenvalue weighted by molar-refractivity contribution is 6.30. The van der Waals surface area contributed by atoms with Crippen LogP contribution in [-0.4, -0.2) is 22.5 Å². The quantitative estimate of drug-likeness (QED) is 0.744. The van der Waals surface area contributed by atoms with E-state index in [0.717, 1.165) is 5.56 Å². The molecule has 1 aromatic heterocycles. The van der Waals surface area contributed by atoms with Gasteiger partial charge in [-0.25, -0.2) is 4.98 Å². The van der Waals surface area contributed by atoms with Gasteiger partial charge in [-0.3, -0.25) is 4.79 Å². The molecule has 3 aromatic rings. The molecular weight excluding hydrogens is 328 g/mol. The Morgan fingerprint density at radius 1 is 1.17 bits per heavy atom. The molecule has 0 bridgehead atoms. The highest BCUT2D eigenvalue weighted by Gasteiger charge is 2.15. The Hall–Kier alpha value is -2.63. The summed E-state index contributed by atoms with van der Waals surface area (Å²) in [5, 5.41) is 13.3. The molecule has 1 unspecified atom stereocenters. The van der Waals surface area contributed by atoms with Gasteiger partial charge in [0.1, 0.15) is 6.26 Å². The fourth-order valence-electron chi connectivity index (χ4n) is 2.17. The first kappa shape index (κ1) is 16.2. The van der Waals surface area contributed by atoms with E-state index in [0.29, 0.717) is 16.5 Å². The average Bonchev–Trinajstić information content (AvgIpc) is 3.11. The van der Waals surface area contributed by atoms with Crippen molar-refractivity contribution in [2.45, 2.75) is 6.10 Å². The van der Waals surface area contributed by atoms with Crippen molar-refractivity contribution in [2.24, 2.45) is 0 Å². The number of hydrogen-bond donors (Lipinski definition) is 2. The van der Waals surface area contributed by atoms with Gasteiger partial charge in [-0.05, 0) is 29.8 Å². The van der Waals surface area contributed by atoms with Crippen molar-refractivity contribution in [3.05, 3.63) is 77.1 Å². The number of oxazole rings is 1. The van der Waals surface area contributed by atoms with E-state index in [4.69, 9.17) is 16.0 Å². The molecule has 1 amide bonds. The molecule has 0 saturated heterocycles. The predicted octanol–water partition coefficient (Wildman–Crippen LogP) is 3.46. The number of carbonyl (C=O) groups is 1. The van der Waals surface area contributed by atoms with Gasteiger partial charge in [0.25, 0.3) is 5.91 Å². The maximum absolute atomic E-state index is 12.1. The monoisotopic (exact) mass is 342 g/mol. The second-order valence-electron chi connectivity index (χ2n) is 5.18. The highest BCUT2D eigenvalue weighted by atomic mass is 35.5. The number of rotatable bonds is 5. The van der Waals surface area contributed by atoms with Gasteiger partial charge in [0, 0.05) is 17.1 Å². The molecule has 1 heterocycles. The van der Waals surface area contributed by atoms with E-state index in [-0.39, 0.29) is 12.2 Å². The van der Waals surface area contributed by atoms with E-state index in [9.17, 15) is 9.90 Å². The standard InChI is InChI=1S/C18H15ClN2O3/c19-14-8-6-12(7-9-14)16(22)10-20-17(23)15-11-24-18(21-15)13-4-2-1-3-5-13/h1-9,11,16,22H,10H2,(H,20,23). The van der Waals surface area contributed by atoms with Crippen molar-refractivity contribution in [3.8, 4) is 11.5 Å². The second kappa shape index (κ2) is 7.29. The third kappa shape index (κ3) is 3.82. The van der Waals surface area contributed by atoms with Crippen LogP contribution in [0.15, 0.2) is 65.3 Å². The Morgan fingerprint density at radius 3 is 2.58 bits per heavy atom. The molecule has 1 atom stereocenters. The van der Waals surface area contributed by atoms with E-state index in [1.54, 1.807) is 24.3 Å². The van der Waals surface area contributed by atoms with E-state index in [2.05, 4.69) is 10.3 Å². The van der Waals surface area contributed by atoms with Crippen LogP contribution in [0.25, 0.3) is 11.5 Å². The molecule has 24 heavy (non-hydrogen) atoms. The van der Waals surface area contributed by atoms with Crippen LogP contribution in [0.2, 0.25) is 5.02 Å². The fraction of sp³-hybridized carbons (Fsp3) is 0.111. The Balaban J connectivity index is 1.61. The predicted molar refractivity (Wildman–Crippen MR) is 90.7 cm³/mol. The van der Waals surface area contributed by atoms with Crippen LogP contribution in [0.3, 0.4) is 0 Å². The van der Waals surface area contributed by atoms with Crippen LogP contribution in [0.1, 0.15) is 22.2 Å². The molecule has 0 radical (unpaired) electrons. The summed E-state index contributed by atoms with van der Waals surface area (Å²) in [4.78, 5) is 16.3. The molecule has 5 nitrogen and oxygen atoms in total. The van der Waals surface area contributed by atoms with E-state index in [1.165, 1.54) is 6.26 Å². The minimum atomic E-state index is -0.827. The van der Waals surface area contributed by atoms with Gasteiger partial charge in [-0.2, -0.15) is 0 Å². The number of aliphatic hydroxyl groups excluding tert-OH is 1. The summed E-state index contributed by atoms with van der Waals surface area (Å²) >= 11 is 5.81. The van der Waals surface area contributed by atoms with Crippen LogP contribution >= 0.6 is 11.6 Å². The first-order valence-electron chi connectivity index (χ1n) is 7.36. The second-order valence-corrected chi connectivity index (χ2v) is 5.62. The maximum Gasteiger partial charge on any atom is 0.273 e. The Morgan fingerprint density at radius 2 is 1.88 bits per heavy atom. The lowest BCUT2D eigenvalue weighted by Gasteiger charge is -2.11. The summed E-state index contributed by atoms with van der Waals surface area (Å²) in [5.41, 5.74) is 1.62. The Labute approximate surface area is 143 Å². The number of halogens is 1. The number of nitrogens with one attached hydrogen (secondary N) is 1. The van der Waals surface area contributed by atoms with Gasteiger partial charge in [-0.15, -0.1) is 0 Å². The number of aliphatic hydroxyl groups is 1. The van der Waals surface area contributed by atoms with Crippen LogP contribution in [-0.2, 0) is 0 Å². The summed E-state index contributed by atoms with van der Waals surface area (Å²) in [5.74, 6) is -0.0343. The summed E-state index contributed by atoms with van der Waals surface area (Å²) in [6.07, 6.45) is 0.471. The van der Waals surface area contributed by atoms with Crippen molar-refractivity contribution in [3.63, 3.8) is 0 Å². The van der Waals surface area contributed by atoms with E-state index in [1.807, 2.05) is 30.3 Å². The van der Waals surface area contributed by atoms with Crippen molar-refractivity contribution >= 4 is 17.5 Å². The lowest BCUT2D eigenvalue weighted by Crippen LogP contribution is -2.28. The third-order valence-electron chi connectivity index (χ3n) is 3.47. The topological polar surface area (TPSA) is 75.4 Å². The van der Waals surface area contributed by atoms with Gasteiger partial charge in [0.2, 0.25) is 5.89 Å². The Bertz CT molecular complexity index is 816. The lowest BCUT2D eigenvalue weighted by atomic mass is 10.1. The van der Waals surface area contributed by atoms with Gasteiger partial charge < -0.3 is 14.8 Å². The largest absolute Gasteiger partial charge is 0.444 e. The zero-order valence-corrected chi connectivity index (χ0v) is 13.4. The van der Waals surface area contributed by atoms with Crippen molar-refractivity contribution in [1.82, 2.24) is 10.3 Å². The third-order valence-corrected chi connectivity index (χ3v) is 3.72. The zero-order chi connectivity index (χ0) is 16.9. The molecule has 3 rings (SSSR count). The van der Waals surface area contributed by atoms with Gasteiger partial charge >= 0.3 is 0 Å². The molecule has 0 fully saturated rings. The number of benzene rings is 2. The van der Waals surface area contributed by atoms with Crippen molar-refractivity contribution in [2.75, 3.05) is 6.54 Å². The van der Waals surface area contributed by atoms with Crippen LogP contribution in [0.4, 0.5) is 0 Å². The molecule has 0 spiro atoms.